The number of ether oxygens (including phenoxy) is 1. The number of esters is 1. The van der Waals surface area contributed by atoms with Gasteiger partial charge in [-0.2, -0.15) is 0 Å². The molecule has 0 aliphatic carbocycles. The van der Waals surface area contributed by atoms with Crippen molar-refractivity contribution in [3.05, 3.63) is 33.8 Å². The van der Waals surface area contributed by atoms with Gasteiger partial charge in [-0.25, -0.2) is 4.79 Å². The number of halogens is 1. The zero-order valence-corrected chi connectivity index (χ0v) is 14.9. The second-order valence-electron chi connectivity index (χ2n) is 5.57. The maximum atomic E-state index is 12.0. The van der Waals surface area contributed by atoms with Crippen molar-refractivity contribution in [3.8, 4) is 0 Å². The molecule has 0 bridgehead atoms. The van der Waals surface area contributed by atoms with E-state index in [1.807, 2.05) is 25.1 Å². The van der Waals surface area contributed by atoms with Crippen molar-refractivity contribution >= 4 is 21.9 Å². The lowest BCUT2D eigenvalue weighted by Gasteiger charge is -2.07. The Hall–Kier alpha value is -0.830. The van der Waals surface area contributed by atoms with Crippen LogP contribution in [0.25, 0.3) is 0 Å². The van der Waals surface area contributed by atoms with Crippen LogP contribution in [-0.2, 0) is 4.74 Å². The van der Waals surface area contributed by atoms with Gasteiger partial charge in [-0.1, -0.05) is 73.9 Å². The van der Waals surface area contributed by atoms with Gasteiger partial charge in [0, 0.05) is 4.47 Å². The maximum absolute atomic E-state index is 12.0. The van der Waals surface area contributed by atoms with Gasteiger partial charge < -0.3 is 4.74 Å². The van der Waals surface area contributed by atoms with Crippen LogP contribution < -0.4 is 0 Å². The fraction of sp³-hybridized carbons (Fsp3) is 0.611. The Morgan fingerprint density at radius 1 is 1.05 bits per heavy atom. The quantitative estimate of drug-likeness (QED) is 0.377. The monoisotopic (exact) mass is 354 g/mol. The maximum Gasteiger partial charge on any atom is 0.338 e. The number of carbonyl (C=O) groups excluding carboxylic acids is 1. The van der Waals surface area contributed by atoms with Crippen LogP contribution >= 0.6 is 15.9 Å². The first-order valence-electron chi connectivity index (χ1n) is 8.08. The number of hydrogen-bond donors (Lipinski definition) is 0. The topological polar surface area (TPSA) is 26.3 Å². The van der Waals surface area contributed by atoms with Crippen molar-refractivity contribution in [3.63, 3.8) is 0 Å². The Labute approximate surface area is 137 Å². The first kappa shape index (κ1) is 18.2. The van der Waals surface area contributed by atoms with Gasteiger partial charge in [-0.3, -0.25) is 0 Å². The first-order chi connectivity index (χ1) is 10.1. The molecule has 0 saturated heterocycles. The SMILES string of the molecule is CCCCCCCCCCOC(=O)c1cc(Br)ccc1C. The van der Waals surface area contributed by atoms with E-state index in [1.165, 1.54) is 38.5 Å². The molecule has 21 heavy (non-hydrogen) atoms. The summed E-state index contributed by atoms with van der Waals surface area (Å²) in [5, 5.41) is 0. The summed E-state index contributed by atoms with van der Waals surface area (Å²) in [5.74, 6) is -0.211. The molecule has 1 aromatic rings. The summed E-state index contributed by atoms with van der Waals surface area (Å²) < 4.78 is 6.26. The normalized spacial score (nSPS) is 10.6. The molecule has 2 nitrogen and oxygen atoms in total. The molecule has 3 heteroatoms. The van der Waals surface area contributed by atoms with Crippen LogP contribution in [0.4, 0.5) is 0 Å². The minimum Gasteiger partial charge on any atom is -0.462 e. The van der Waals surface area contributed by atoms with E-state index in [1.54, 1.807) is 0 Å². The summed E-state index contributed by atoms with van der Waals surface area (Å²) in [6, 6.07) is 5.69. The molecule has 118 valence electrons. The number of carbonyl (C=O) groups is 1. The minimum absolute atomic E-state index is 0.211. The van der Waals surface area contributed by atoms with E-state index in [9.17, 15) is 4.79 Å². The lowest BCUT2D eigenvalue weighted by atomic mass is 10.1. The van der Waals surface area contributed by atoms with Gasteiger partial charge in [0.1, 0.15) is 0 Å². The number of benzene rings is 1. The van der Waals surface area contributed by atoms with E-state index in [4.69, 9.17) is 4.74 Å². The van der Waals surface area contributed by atoms with Gasteiger partial charge in [0.25, 0.3) is 0 Å². The fourth-order valence-corrected chi connectivity index (χ4v) is 2.65. The summed E-state index contributed by atoms with van der Waals surface area (Å²) in [4.78, 5) is 12.0. The van der Waals surface area contributed by atoms with Crippen LogP contribution in [0.1, 0.15) is 74.2 Å². The lowest BCUT2D eigenvalue weighted by molar-refractivity contribution is 0.0496. The Morgan fingerprint density at radius 2 is 1.67 bits per heavy atom. The second kappa shape index (κ2) is 10.8. The van der Waals surface area contributed by atoms with Gasteiger partial charge in [0.05, 0.1) is 12.2 Å². The van der Waals surface area contributed by atoms with Crippen molar-refractivity contribution in [2.24, 2.45) is 0 Å². The van der Waals surface area contributed by atoms with E-state index in [0.717, 1.165) is 22.9 Å². The number of hydrogen-bond acceptors (Lipinski definition) is 2. The Morgan fingerprint density at radius 3 is 2.33 bits per heavy atom. The molecule has 0 spiro atoms. The van der Waals surface area contributed by atoms with Crippen LogP contribution in [0.3, 0.4) is 0 Å². The van der Waals surface area contributed by atoms with E-state index in [-0.39, 0.29) is 5.97 Å². The highest BCUT2D eigenvalue weighted by molar-refractivity contribution is 9.10. The standard InChI is InChI=1S/C18H27BrO2/c1-3-4-5-6-7-8-9-10-13-21-18(20)17-14-16(19)12-11-15(17)2/h11-12,14H,3-10,13H2,1-2H3. The molecule has 0 amide bonds. The molecular formula is C18H27BrO2. The highest BCUT2D eigenvalue weighted by Crippen LogP contribution is 2.17. The first-order valence-corrected chi connectivity index (χ1v) is 8.87. The van der Waals surface area contributed by atoms with Gasteiger partial charge in [-0.05, 0) is 31.0 Å². The van der Waals surface area contributed by atoms with Crippen LogP contribution in [0.15, 0.2) is 22.7 Å². The smallest absolute Gasteiger partial charge is 0.338 e. The summed E-state index contributed by atoms with van der Waals surface area (Å²) in [5.41, 5.74) is 1.61. The van der Waals surface area contributed by atoms with E-state index >= 15 is 0 Å². The molecule has 0 aliphatic rings. The van der Waals surface area contributed by atoms with Crippen molar-refractivity contribution in [1.82, 2.24) is 0 Å². The Kier molecular flexibility index (Phi) is 9.40. The second-order valence-corrected chi connectivity index (χ2v) is 6.49. The number of aryl methyl sites for hydroxylation is 1. The van der Waals surface area contributed by atoms with Gasteiger partial charge in [0.2, 0.25) is 0 Å². The van der Waals surface area contributed by atoms with E-state index in [0.29, 0.717) is 12.2 Å². The molecule has 0 unspecified atom stereocenters. The molecule has 0 fully saturated rings. The molecule has 0 radical (unpaired) electrons. The number of unbranched alkanes of at least 4 members (excludes halogenated alkanes) is 7. The van der Waals surface area contributed by atoms with Crippen molar-refractivity contribution in [2.45, 2.75) is 65.2 Å². The van der Waals surface area contributed by atoms with Crippen LogP contribution in [0.5, 0.6) is 0 Å². The predicted octanol–water partition coefficient (Wildman–Crippen LogP) is 6.06. The van der Waals surface area contributed by atoms with Crippen LogP contribution in [0.2, 0.25) is 0 Å². The average molecular weight is 355 g/mol. The van der Waals surface area contributed by atoms with Gasteiger partial charge in [0.15, 0.2) is 0 Å². The molecular weight excluding hydrogens is 328 g/mol. The third kappa shape index (κ3) is 7.66. The lowest BCUT2D eigenvalue weighted by Crippen LogP contribution is -2.08. The minimum atomic E-state index is -0.211. The number of rotatable bonds is 10. The van der Waals surface area contributed by atoms with Gasteiger partial charge in [-0.15, -0.1) is 0 Å². The van der Waals surface area contributed by atoms with Gasteiger partial charge >= 0.3 is 5.97 Å². The molecule has 0 aromatic heterocycles. The fourth-order valence-electron chi connectivity index (χ4n) is 2.29. The molecule has 0 heterocycles. The summed E-state index contributed by atoms with van der Waals surface area (Å²) in [6.07, 6.45) is 10.0. The highest BCUT2D eigenvalue weighted by atomic mass is 79.9. The van der Waals surface area contributed by atoms with Crippen molar-refractivity contribution in [1.29, 1.82) is 0 Å². The predicted molar refractivity (Wildman–Crippen MR) is 91.8 cm³/mol. The largest absolute Gasteiger partial charge is 0.462 e. The van der Waals surface area contributed by atoms with Crippen molar-refractivity contribution in [2.75, 3.05) is 6.61 Å². The zero-order valence-electron chi connectivity index (χ0n) is 13.3. The Balaban J connectivity index is 2.12. The molecule has 0 N–H and O–H groups in total. The van der Waals surface area contributed by atoms with E-state index < -0.39 is 0 Å². The van der Waals surface area contributed by atoms with Crippen molar-refractivity contribution < 1.29 is 9.53 Å². The van der Waals surface area contributed by atoms with E-state index in [2.05, 4.69) is 22.9 Å². The zero-order chi connectivity index (χ0) is 15.5. The summed E-state index contributed by atoms with van der Waals surface area (Å²) in [6.45, 7) is 4.69. The summed E-state index contributed by atoms with van der Waals surface area (Å²) >= 11 is 3.38. The third-order valence-corrected chi connectivity index (χ3v) is 4.14. The average Bonchev–Trinajstić information content (AvgIpc) is 2.48. The Bertz CT molecular complexity index is 429. The molecule has 0 aliphatic heterocycles. The molecule has 1 aromatic carbocycles. The molecule has 1 rings (SSSR count). The van der Waals surface area contributed by atoms with Crippen LogP contribution in [-0.4, -0.2) is 12.6 Å². The third-order valence-electron chi connectivity index (χ3n) is 3.65. The molecule has 0 saturated carbocycles. The summed E-state index contributed by atoms with van der Waals surface area (Å²) in [7, 11) is 0. The highest BCUT2D eigenvalue weighted by Gasteiger charge is 2.10. The molecule has 0 atom stereocenters. The van der Waals surface area contributed by atoms with Crippen LogP contribution in [0, 0.1) is 6.92 Å².